The Morgan fingerprint density at radius 3 is 2.91 bits per heavy atom. The number of hydrogen-bond acceptors (Lipinski definition) is 3. The Morgan fingerprint density at radius 1 is 1.48 bits per heavy atom. The van der Waals surface area contributed by atoms with Crippen LogP contribution >= 0.6 is 0 Å². The van der Waals surface area contributed by atoms with Gasteiger partial charge in [-0.3, -0.25) is 14.5 Å². The molecule has 0 aliphatic carbocycles. The Labute approximate surface area is 137 Å². The number of rotatable bonds is 5. The lowest BCUT2D eigenvalue weighted by Crippen LogP contribution is -2.51. The van der Waals surface area contributed by atoms with E-state index in [2.05, 4.69) is 11.2 Å². The summed E-state index contributed by atoms with van der Waals surface area (Å²) < 4.78 is 0. The summed E-state index contributed by atoms with van der Waals surface area (Å²) in [5.41, 5.74) is 1.01. The molecule has 2 amide bonds. The summed E-state index contributed by atoms with van der Waals surface area (Å²) in [5, 5.41) is 2.82. The van der Waals surface area contributed by atoms with Crippen LogP contribution in [-0.2, 0) is 9.59 Å². The van der Waals surface area contributed by atoms with Crippen molar-refractivity contribution in [3.8, 4) is 12.3 Å². The predicted octanol–water partition coefficient (Wildman–Crippen LogP) is 0.807. The van der Waals surface area contributed by atoms with Crippen LogP contribution in [0.1, 0.15) is 11.6 Å². The number of terminal acetylenes is 1. The number of hydrogen-bond donors (Lipinski definition) is 1. The lowest BCUT2D eigenvalue weighted by atomic mass is 10.0. The highest BCUT2D eigenvalue weighted by atomic mass is 16.2. The second-order valence-corrected chi connectivity index (χ2v) is 5.50. The van der Waals surface area contributed by atoms with Crippen LogP contribution < -0.4 is 5.32 Å². The molecule has 1 heterocycles. The van der Waals surface area contributed by atoms with Crippen molar-refractivity contribution in [1.82, 2.24) is 15.1 Å². The number of amides is 2. The Bertz CT molecular complexity index is 619. The number of benzene rings is 1. The van der Waals surface area contributed by atoms with Gasteiger partial charge in [0.2, 0.25) is 11.8 Å². The van der Waals surface area contributed by atoms with Crippen LogP contribution in [0.3, 0.4) is 0 Å². The Morgan fingerprint density at radius 2 is 2.22 bits per heavy atom. The maximum Gasteiger partial charge on any atom is 0.247 e. The molecule has 1 fully saturated rings. The van der Waals surface area contributed by atoms with Gasteiger partial charge in [-0.2, -0.15) is 0 Å². The van der Waals surface area contributed by atoms with Gasteiger partial charge in [-0.25, -0.2) is 0 Å². The molecule has 0 bridgehead atoms. The van der Waals surface area contributed by atoms with E-state index in [9.17, 15) is 9.59 Å². The third-order valence-corrected chi connectivity index (χ3v) is 3.69. The predicted molar refractivity (Wildman–Crippen MR) is 89.4 cm³/mol. The minimum Gasteiger partial charge on any atom is -0.352 e. The van der Waals surface area contributed by atoms with Crippen LogP contribution in [0.2, 0.25) is 0 Å². The molecule has 1 saturated heterocycles. The smallest absolute Gasteiger partial charge is 0.247 e. The third kappa shape index (κ3) is 4.70. The first kappa shape index (κ1) is 16.8. The molecule has 0 spiro atoms. The van der Waals surface area contributed by atoms with Gasteiger partial charge in [-0.05, 0) is 12.6 Å². The molecule has 0 radical (unpaired) electrons. The Balaban J connectivity index is 2.06. The number of likely N-dealkylation sites (N-methyl/N-ethyl adjacent to an activating group) is 1. The van der Waals surface area contributed by atoms with Crippen molar-refractivity contribution in [2.24, 2.45) is 0 Å². The zero-order valence-electron chi connectivity index (χ0n) is 13.2. The quantitative estimate of drug-likeness (QED) is 0.647. The van der Waals surface area contributed by atoms with Gasteiger partial charge in [0, 0.05) is 19.2 Å². The summed E-state index contributed by atoms with van der Waals surface area (Å²) in [6.45, 7) is 1.62. The van der Waals surface area contributed by atoms with E-state index in [1.807, 2.05) is 42.3 Å². The van der Waals surface area contributed by atoms with Crippen molar-refractivity contribution in [1.29, 1.82) is 0 Å². The highest BCUT2D eigenvalue weighted by Crippen LogP contribution is 2.22. The van der Waals surface area contributed by atoms with Gasteiger partial charge in [0.1, 0.15) is 6.54 Å². The first-order chi connectivity index (χ1) is 11.1. The summed E-state index contributed by atoms with van der Waals surface area (Å²) in [6.07, 6.45) is 8.53. The van der Waals surface area contributed by atoms with Crippen LogP contribution in [0.25, 0.3) is 0 Å². The standard InChI is InChI=1S/C18H21N3O2/c1-3-11-20(2)12-7-10-18(23)21-14-17(22)19-13-16(21)15-8-5-4-6-9-15/h1,4-10,16H,11-14H2,2H3,(H,19,22)/b10-7+. The summed E-state index contributed by atoms with van der Waals surface area (Å²) in [6, 6.07) is 9.57. The van der Waals surface area contributed by atoms with E-state index in [1.165, 1.54) is 6.08 Å². The minimum atomic E-state index is -0.164. The molecule has 1 atom stereocenters. The highest BCUT2D eigenvalue weighted by Gasteiger charge is 2.30. The summed E-state index contributed by atoms with van der Waals surface area (Å²) in [7, 11) is 1.88. The summed E-state index contributed by atoms with van der Waals surface area (Å²) in [4.78, 5) is 27.7. The van der Waals surface area contributed by atoms with Crippen molar-refractivity contribution >= 4 is 11.8 Å². The van der Waals surface area contributed by atoms with Crippen LogP contribution in [0, 0.1) is 12.3 Å². The molecule has 120 valence electrons. The fraction of sp³-hybridized carbons (Fsp3) is 0.333. The molecule has 5 nitrogen and oxygen atoms in total. The zero-order valence-corrected chi connectivity index (χ0v) is 13.2. The fourth-order valence-corrected chi connectivity index (χ4v) is 2.50. The molecule has 0 aromatic heterocycles. The monoisotopic (exact) mass is 311 g/mol. The molecular formula is C18H21N3O2. The average molecular weight is 311 g/mol. The Kier molecular flexibility index (Phi) is 5.95. The van der Waals surface area contributed by atoms with Crippen molar-refractivity contribution in [3.05, 3.63) is 48.0 Å². The van der Waals surface area contributed by atoms with E-state index >= 15 is 0 Å². The van der Waals surface area contributed by atoms with Crippen LogP contribution in [0.15, 0.2) is 42.5 Å². The molecule has 1 N–H and O–H groups in total. The molecule has 23 heavy (non-hydrogen) atoms. The maximum absolute atomic E-state index is 12.5. The normalized spacial score (nSPS) is 18.0. The van der Waals surface area contributed by atoms with Gasteiger partial charge in [0.05, 0.1) is 12.6 Å². The molecule has 1 aromatic carbocycles. The topological polar surface area (TPSA) is 52.7 Å². The van der Waals surface area contributed by atoms with Crippen molar-refractivity contribution in [2.45, 2.75) is 6.04 Å². The number of piperazine rings is 1. The van der Waals surface area contributed by atoms with Gasteiger partial charge < -0.3 is 10.2 Å². The number of carbonyl (C=O) groups excluding carboxylic acids is 2. The first-order valence-corrected chi connectivity index (χ1v) is 7.52. The molecule has 2 rings (SSSR count). The van der Waals surface area contributed by atoms with Crippen molar-refractivity contribution < 1.29 is 9.59 Å². The van der Waals surface area contributed by atoms with Crippen LogP contribution in [0.5, 0.6) is 0 Å². The fourth-order valence-electron chi connectivity index (χ4n) is 2.50. The van der Waals surface area contributed by atoms with Crippen molar-refractivity contribution in [2.75, 3.05) is 33.2 Å². The second-order valence-electron chi connectivity index (χ2n) is 5.50. The first-order valence-electron chi connectivity index (χ1n) is 7.52. The van der Waals surface area contributed by atoms with E-state index in [0.29, 0.717) is 19.6 Å². The molecule has 1 aliphatic rings. The van der Waals surface area contributed by atoms with E-state index < -0.39 is 0 Å². The lowest BCUT2D eigenvalue weighted by Gasteiger charge is -2.35. The van der Waals surface area contributed by atoms with Gasteiger partial charge in [-0.1, -0.05) is 42.3 Å². The molecular weight excluding hydrogens is 290 g/mol. The number of nitrogens with zero attached hydrogens (tertiary/aromatic N) is 2. The van der Waals surface area contributed by atoms with E-state index in [0.717, 1.165) is 5.56 Å². The average Bonchev–Trinajstić information content (AvgIpc) is 2.55. The van der Waals surface area contributed by atoms with Gasteiger partial charge in [0.15, 0.2) is 0 Å². The number of carbonyl (C=O) groups is 2. The zero-order chi connectivity index (χ0) is 16.7. The highest BCUT2D eigenvalue weighted by molar-refractivity contribution is 5.92. The Hall–Kier alpha value is -2.58. The van der Waals surface area contributed by atoms with E-state index in [-0.39, 0.29) is 24.4 Å². The minimum absolute atomic E-state index is 0.0724. The third-order valence-electron chi connectivity index (χ3n) is 3.69. The van der Waals surface area contributed by atoms with Crippen LogP contribution in [-0.4, -0.2) is 54.8 Å². The van der Waals surface area contributed by atoms with Gasteiger partial charge in [0.25, 0.3) is 0 Å². The maximum atomic E-state index is 12.5. The van der Waals surface area contributed by atoms with Crippen molar-refractivity contribution in [3.63, 3.8) is 0 Å². The summed E-state index contributed by atoms with van der Waals surface area (Å²) >= 11 is 0. The molecule has 0 saturated carbocycles. The van der Waals surface area contributed by atoms with E-state index in [1.54, 1.807) is 11.0 Å². The largest absolute Gasteiger partial charge is 0.352 e. The van der Waals surface area contributed by atoms with Gasteiger partial charge >= 0.3 is 0 Å². The SMILES string of the molecule is C#CCN(C)C/C=C/C(=O)N1CC(=O)NCC1c1ccccc1. The molecule has 5 heteroatoms. The second kappa shape index (κ2) is 8.16. The lowest BCUT2D eigenvalue weighted by molar-refractivity contribution is -0.137. The van der Waals surface area contributed by atoms with Gasteiger partial charge in [-0.15, -0.1) is 6.42 Å². The molecule has 1 aliphatic heterocycles. The number of nitrogens with one attached hydrogen (secondary N) is 1. The molecule has 1 unspecified atom stereocenters. The van der Waals surface area contributed by atoms with Crippen LogP contribution in [0.4, 0.5) is 0 Å². The summed E-state index contributed by atoms with van der Waals surface area (Å²) in [5.74, 6) is 2.25. The van der Waals surface area contributed by atoms with E-state index in [4.69, 9.17) is 6.42 Å². The molecule has 1 aromatic rings.